The van der Waals surface area contributed by atoms with E-state index in [1.54, 1.807) is 0 Å². The van der Waals surface area contributed by atoms with E-state index < -0.39 is 0 Å². The first-order valence-corrected chi connectivity index (χ1v) is 5.29. The average molecular weight is 199 g/mol. The second-order valence-electron chi connectivity index (χ2n) is 5.41. The molecule has 2 aliphatic carbocycles. The molecule has 4 unspecified atom stereocenters. The Kier molecular flexibility index (Phi) is 1.10. The van der Waals surface area contributed by atoms with Crippen molar-refractivity contribution < 1.29 is 4.74 Å². The van der Waals surface area contributed by atoms with Gasteiger partial charge in [-0.3, -0.25) is 0 Å². The molecular formula is C11H15ClO. The third kappa shape index (κ3) is 0.618. The van der Waals surface area contributed by atoms with E-state index in [9.17, 15) is 0 Å². The Morgan fingerprint density at radius 3 is 2.69 bits per heavy atom. The first-order chi connectivity index (χ1) is 5.85. The van der Waals surface area contributed by atoms with Crippen LogP contribution in [0.2, 0.25) is 0 Å². The van der Waals surface area contributed by atoms with Crippen molar-refractivity contribution >= 4 is 11.6 Å². The Morgan fingerprint density at radius 1 is 1.46 bits per heavy atom. The molecule has 4 atom stereocenters. The summed E-state index contributed by atoms with van der Waals surface area (Å²) in [4.78, 5) is -0.172. The van der Waals surface area contributed by atoms with Gasteiger partial charge in [-0.05, 0) is 30.3 Å². The summed E-state index contributed by atoms with van der Waals surface area (Å²) < 4.78 is 5.65. The maximum Gasteiger partial charge on any atom is 0.114 e. The zero-order valence-corrected chi connectivity index (χ0v) is 9.11. The van der Waals surface area contributed by atoms with Crippen molar-refractivity contribution in [2.45, 2.75) is 43.8 Å². The molecule has 0 N–H and O–H groups in total. The van der Waals surface area contributed by atoms with Crippen LogP contribution in [0.3, 0.4) is 0 Å². The van der Waals surface area contributed by atoms with Crippen LogP contribution in [0.4, 0.5) is 0 Å². The normalized spacial score (nSPS) is 61.1. The van der Waals surface area contributed by atoms with E-state index in [2.05, 4.69) is 27.4 Å². The van der Waals surface area contributed by atoms with Gasteiger partial charge in [-0.2, -0.15) is 0 Å². The maximum absolute atomic E-state index is 6.62. The molecule has 1 aliphatic heterocycles. The average Bonchev–Trinajstić information content (AvgIpc) is 2.80. The smallest absolute Gasteiger partial charge is 0.114 e. The SMILES string of the molecule is C=C1C2(C)OC2CC2C(C)(C)C12Cl. The second kappa shape index (κ2) is 1.72. The fourth-order valence-corrected chi connectivity index (χ4v) is 3.87. The Labute approximate surface area is 84.1 Å². The fraction of sp³-hybridized carbons (Fsp3) is 0.818. The number of alkyl halides is 1. The number of hydrogen-bond acceptors (Lipinski definition) is 1. The molecule has 3 fully saturated rings. The van der Waals surface area contributed by atoms with Crippen LogP contribution in [0, 0.1) is 11.3 Å². The standard InChI is InChI=1S/C11H15ClO/c1-6-10(4)8(13-10)5-7-9(2,3)11(6,7)12/h7-8H,1,5H2,2-4H3. The van der Waals surface area contributed by atoms with Crippen LogP contribution in [0.1, 0.15) is 27.2 Å². The molecule has 0 aromatic heterocycles. The van der Waals surface area contributed by atoms with Crippen molar-refractivity contribution in [3.05, 3.63) is 12.2 Å². The Bertz CT molecular complexity index is 322. The van der Waals surface area contributed by atoms with Crippen LogP contribution in [0.25, 0.3) is 0 Å². The lowest BCUT2D eigenvalue weighted by Gasteiger charge is -2.22. The Hall–Kier alpha value is -0.0100. The lowest BCUT2D eigenvalue weighted by molar-refractivity contribution is 0.322. The van der Waals surface area contributed by atoms with Gasteiger partial charge in [0.15, 0.2) is 0 Å². The summed E-state index contributed by atoms with van der Waals surface area (Å²) in [6.07, 6.45) is 1.52. The molecule has 0 radical (unpaired) electrons. The van der Waals surface area contributed by atoms with E-state index >= 15 is 0 Å². The van der Waals surface area contributed by atoms with Crippen molar-refractivity contribution in [3.8, 4) is 0 Å². The molecule has 0 spiro atoms. The van der Waals surface area contributed by atoms with Crippen LogP contribution >= 0.6 is 11.6 Å². The minimum Gasteiger partial charge on any atom is -0.362 e. The number of ether oxygens (including phenoxy) is 1. The molecule has 3 rings (SSSR count). The zero-order chi connectivity index (χ0) is 9.65. The molecular weight excluding hydrogens is 184 g/mol. The van der Waals surface area contributed by atoms with Gasteiger partial charge in [-0.15, -0.1) is 11.6 Å². The molecule has 72 valence electrons. The van der Waals surface area contributed by atoms with E-state index in [1.165, 1.54) is 0 Å². The molecule has 2 heteroatoms. The molecule has 0 aromatic carbocycles. The van der Waals surface area contributed by atoms with Crippen molar-refractivity contribution in [1.29, 1.82) is 0 Å². The summed E-state index contributed by atoms with van der Waals surface area (Å²) in [5.74, 6) is 0.578. The van der Waals surface area contributed by atoms with Gasteiger partial charge in [0.2, 0.25) is 0 Å². The number of fused-ring (bicyclic) bond motifs is 2. The highest BCUT2D eigenvalue weighted by atomic mass is 35.5. The summed E-state index contributed by atoms with van der Waals surface area (Å²) in [7, 11) is 0. The summed E-state index contributed by atoms with van der Waals surface area (Å²) in [6.45, 7) is 10.7. The molecule has 13 heavy (non-hydrogen) atoms. The first kappa shape index (κ1) is 8.31. The van der Waals surface area contributed by atoms with Gasteiger partial charge in [0.25, 0.3) is 0 Å². The molecule has 1 heterocycles. The number of epoxide rings is 1. The van der Waals surface area contributed by atoms with Crippen molar-refractivity contribution in [1.82, 2.24) is 0 Å². The van der Waals surface area contributed by atoms with E-state index in [-0.39, 0.29) is 15.9 Å². The van der Waals surface area contributed by atoms with E-state index in [0.29, 0.717) is 12.0 Å². The van der Waals surface area contributed by atoms with Crippen LogP contribution in [-0.2, 0) is 4.74 Å². The summed E-state index contributed by atoms with van der Waals surface area (Å²) in [5.41, 5.74) is 1.25. The van der Waals surface area contributed by atoms with Gasteiger partial charge in [0, 0.05) is 0 Å². The number of hydrogen-bond donors (Lipinski definition) is 0. The predicted octanol–water partition coefficient (Wildman–Crippen LogP) is 2.74. The highest BCUT2D eigenvalue weighted by Gasteiger charge is 2.81. The molecule has 1 saturated heterocycles. The maximum atomic E-state index is 6.62. The van der Waals surface area contributed by atoms with Crippen LogP contribution in [0.15, 0.2) is 12.2 Å². The van der Waals surface area contributed by atoms with E-state index in [4.69, 9.17) is 16.3 Å². The van der Waals surface area contributed by atoms with Gasteiger partial charge in [-0.1, -0.05) is 20.4 Å². The molecule has 0 amide bonds. The molecule has 0 aromatic rings. The van der Waals surface area contributed by atoms with Crippen LogP contribution in [-0.4, -0.2) is 16.6 Å². The molecule has 0 bridgehead atoms. The second-order valence-corrected chi connectivity index (χ2v) is 6.01. The van der Waals surface area contributed by atoms with E-state index in [1.807, 2.05) is 0 Å². The zero-order valence-electron chi connectivity index (χ0n) is 8.36. The highest BCUT2D eigenvalue weighted by Crippen LogP contribution is 2.78. The quantitative estimate of drug-likeness (QED) is 0.331. The van der Waals surface area contributed by atoms with E-state index in [0.717, 1.165) is 12.0 Å². The van der Waals surface area contributed by atoms with Gasteiger partial charge in [0.05, 0.1) is 11.0 Å². The van der Waals surface area contributed by atoms with Crippen LogP contribution < -0.4 is 0 Å². The van der Waals surface area contributed by atoms with Crippen molar-refractivity contribution in [2.24, 2.45) is 11.3 Å². The predicted molar refractivity (Wildman–Crippen MR) is 52.9 cm³/mol. The number of halogens is 1. The third-order valence-electron chi connectivity index (χ3n) is 4.64. The lowest BCUT2D eigenvalue weighted by Crippen LogP contribution is -2.28. The minimum absolute atomic E-state index is 0.0912. The summed E-state index contributed by atoms with van der Waals surface area (Å²) >= 11 is 6.62. The number of rotatable bonds is 0. The Balaban J connectivity index is 2.05. The van der Waals surface area contributed by atoms with Gasteiger partial charge in [0.1, 0.15) is 5.60 Å². The largest absolute Gasteiger partial charge is 0.362 e. The monoisotopic (exact) mass is 198 g/mol. The summed E-state index contributed by atoms with van der Waals surface area (Å²) in [5, 5.41) is 0. The third-order valence-corrected chi connectivity index (χ3v) is 5.62. The van der Waals surface area contributed by atoms with Gasteiger partial charge in [-0.25, -0.2) is 0 Å². The lowest BCUT2D eigenvalue weighted by atomic mass is 9.86. The molecule has 2 saturated carbocycles. The first-order valence-electron chi connectivity index (χ1n) is 4.91. The highest BCUT2D eigenvalue weighted by molar-refractivity contribution is 6.29. The van der Waals surface area contributed by atoms with Gasteiger partial charge >= 0.3 is 0 Å². The summed E-state index contributed by atoms with van der Waals surface area (Å²) in [6, 6.07) is 0. The minimum atomic E-state index is -0.172. The van der Waals surface area contributed by atoms with Crippen molar-refractivity contribution in [3.63, 3.8) is 0 Å². The fourth-order valence-electron chi connectivity index (χ4n) is 3.25. The molecule has 3 aliphatic rings. The van der Waals surface area contributed by atoms with Crippen molar-refractivity contribution in [2.75, 3.05) is 0 Å². The Morgan fingerprint density at radius 2 is 2.08 bits per heavy atom. The topological polar surface area (TPSA) is 12.5 Å². The van der Waals surface area contributed by atoms with Crippen LogP contribution in [0.5, 0.6) is 0 Å². The van der Waals surface area contributed by atoms with Gasteiger partial charge < -0.3 is 4.74 Å². The molecule has 1 nitrogen and oxygen atoms in total.